The van der Waals surface area contributed by atoms with Gasteiger partial charge in [-0.1, -0.05) is 18.2 Å². The van der Waals surface area contributed by atoms with E-state index in [1.807, 2.05) is 0 Å². The number of sulfone groups is 1. The monoisotopic (exact) mass is 442 g/mol. The molecule has 1 amide bonds. The first-order valence-electron chi connectivity index (χ1n) is 8.66. The third-order valence-corrected chi connectivity index (χ3v) is 6.69. The van der Waals surface area contributed by atoms with Gasteiger partial charge in [0, 0.05) is 6.26 Å². The molecular formula is C19H23FN2O5S2. The molecule has 2 aromatic carbocycles. The second-order valence-corrected chi connectivity index (χ2v) is 10.7. The number of anilines is 1. The summed E-state index contributed by atoms with van der Waals surface area (Å²) in [6.45, 7) is 3.09. The molecule has 1 N–H and O–H groups in total. The van der Waals surface area contributed by atoms with Crippen LogP contribution >= 0.6 is 0 Å². The van der Waals surface area contributed by atoms with Gasteiger partial charge in [-0.3, -0.25) is 9.10 Å². The predicted molar refractivity (Wildman–Crippen MR) is 109 cm³/mol. The second-order valence-electron chi connectivity index (χ2n) is 6.79. The van der Waals surface area contributed by atoms with E-state index in [4.69, 9.17) is 0 Å². The van der Waals surface area contributed by atoms with E-state index in [1.54, 1.807) is 19.1 Å². The van der Waals surface area contributed by atoms with Crippen molar-refractivity contribution in [3.05, 3.63) is 59.9 Å². The minimum atomic E-state index is -3.86. The number of hydrogen-bond donors (Lipinski definition) is 1. The highest BCUT2D eigenvalue weighted by Gasteiger charge is 2.30. The molecule has 0 fully saturated rings. The first kappa shape index (κ1) is 22.8. The van der Waals surface area contributed by atoms with E-state index < -0.39 is 43.7 Å². The lowest BCUT2D eigenvalue weighted by Crippen LogP contribution is -2.48. The van der Waals surface area contributed by atoms with Crippen molar-refractivity contribution < 1.29 is 26.0 Å². The number of nitrogens with zero attached hydrogens (tertiary/aromatic N) is 1. The number of sulfonamides is 1. The average Bonchev–Trinajstić information content (AvgIpc) is 2.60. The smallest absolute Gasteiger partial charge is 0.244 e. The molecule has 0 heterocycles. The van der Waals surface area contributed by atoms with E-state index in [9.17, 15) is 26.0 Å². The molecule has 0 aromatic heterocycles. The topological polar surface area (TPSA) is 101 Å². The molecule has 2 atom stereocenters. The maximum absolute atomic E-state index is 13.6. The Morgan fingerprint density at radius 3 is 2.07 bits per heavy atom. The first-order valence-corrected chi connectivity index (χ1v) is 12.4. The first-order chi connectivity index (χ1) is 13.3. The van der Waals surface area contributed by atoms with E-state index in [0.717, 1.165) is 22.9 Å². The molecule has 158 valence electrons. The molecule has 0 aliphatic rings. The quantitative estimate of drug-likeness (QED) is 0.709. The summed E-state index contributed by atoms with van der Waals surface area (Å²) in [6.07, 6.45) is 2.04. The highest BCUT2D eigenvalue weighted by molar-refractivity contribution is 7.92. The number of rotatable bonds is 7. The van der Waals surface area contributed by atoms with Gasteiger partial charge in [-0.05, 0) is 49.7 Å². The molecule has 0 bridgehead atoms. The summed E-state index contributed by atoms with van der Waals surface area (Å²) in [4.78, 5) is 12.8. The maximum atomic E-state index is 13.6. The van der Waals surface area contributed by atoms with E-state index in [0.29, 0.717) is 5.56 Å². The highest BCUT2D eigenvalue weighted by atomic mass is 32.2. The summed E-state index contributed by atoms with van der Waals surface area (Å²) in [5.41, 5.74) is 0.690. The van der Waals surface area contributed by atoms with E-state index in [1.165, 1.54) is 37.3 Å². The van der Waals surface area contributed by atoms with Crippen molar-refractivity contribution in [2.75, 3.05) is 16.8 Å². The maximum Gasteiger partial charge on any atom is 0.244 e. The molecule has 0 aliphatic carbocycles. The molecule has 10 heteroatoms. The molecule has 0 aliphatic heterocycles. The van der Waals surface area contributed by atoms with Crippen molar-refractivity contribution >= 4 is 31.5 Å². The normalized spacial score (nSPS) is 14.1. The van der Waals surface area contributed by atoms with Gasteiger partial charge in [0.05, 0.1) is 22.9 Å². The molecule has 0 spiro atoms. The summed E-state index contributed by atoms with van der Waals surface area (Å²) in [7, 11) is -7.20. The summed E-state index contributed by atoms with van der Waals surface area (Å²) in [5, 5.41) is 2.70. The van der Waals surface area contributed by atoms with Crippen LogP contribution in [0.1, 0.15) is 25.5 Å². The third-order valence-electron chi connectivity index (χ3n) is 4.32. The van der Waals surface area contributed by atoms with E-state index >= 15 is 0 Å². The van der Waals surface area contributed by atoms with Gasteiger partial charge < -0.3 is 5.32 Å². The lowest BCUT2D eigenvalue weighted by atomic mass is 10.1. The fourth-order valence-electron chi connectivity index (χ4n) is 2.84. The summed E-state index contributed by atoms with van der Waals surface area (Å²) >= 11 is 0. The molecule has 0 radical (unpaired) electrons. The van der Waals surface area contributed by atoms with Crippen LogP contribution in [-0.4, -0.2) is 41.3 Å². The van der Waals surface area contributed by atoms with Gasteiger partial charge in [0.25, 0.3) is 0 Å². The van der Waals surface area contributed by atoms with Gasteiger partial charge in [-0.2, -0.15) is 0 Å². The van der Waals surface area contributed by atoms with Crippen LogP contribution in [0.25, 0.3) is 0 Å². The van der Waals surface area contributed by atoms with Gasteiger partial charge in [-0.25, -0.2) is 21.2 Å². The number of carbonyl (C=O) groups is 1. The lowest BCUT2D eigenvalue weighted by molar-refractivity contribution is -0.122. The Labute approximate surface area is 170 Å². The van der Waals surface area contributed by atoms with Crippen molar-refractivity contribution in [1.29, 1.82) is 0 Å². The van der Waals surface area contributed by atoms with E-state index in [2.05, 4.69) is 5.32 Å². The Bertz CT molecular complexity index is 1100. The molecule has 0 saturated heterocycles. The average molecular weight is 443 g/mol. The van der Waals surface area contributed by atoms with Crippen LogP contribution < -0.4 is 9.62 Å². The molecule has 2 unspecified atom stereocenters. The fourth-order valence-corrected chi connectivity index (χ4v) is 4.64. The minimum absolute atomic E-state index is 0.0420. The Morgan fingerprint density at radius 1 is 1.00 bits per heavy atom. The molecule has 29 heavy (non-hydrogen) atoms. The van der Waals surface area contributed by atoms with Crippen LogP contribution in [-0.2, 0) is 24.7 Å². The zero-order valence-corrected chi connectivity index (χ0v) is 18.1. The highest BCUT2D eigenvalue weighted by Crippen LogP contribution is 2.23. The van der Waals surface area contributed by atoms with Crippen molar-refractivity contribution in [2.24, 2.45) is 0 Å². The summed E-state index contributed by atoms with van der Waals surface area (Å²) in [5.74, 6) is -1.21. The van der Waals surface area contributed by atoms with Crippen LogP contribution in [0.2, 0.25) is 0 Å². The standard InChI is InChI=1S/C19H23FN2O5S2/c1-13(15-8-10-18(11-9-15)28(3,24)25)21-19(23)14(2)22(29(4,26)27)17-7-5-6-16(20)12-17/h5-14H,1-4H3,(H,21,23). The number of amides is 1. The summed E-state index contributed by atoms with van der Waals surface area (Å²) < 4.78 is 62.0. The minimum Gasteiger partial charge on any atom is -0.348 e. The van der Waals surface area contributed by atoms with Gasteiger partial charge in [-0.15, -0.1) is 0 Å². The van der Waals surface area contributed by atoms with Crippen LogP contribution in [0.4, 0.5) is 10.1 Å². The van der Waals surface area contributed by atoms with Gasteiger partial charge in [0.2, 0.25) is 15.9 Å². The van der Waals surface area contributed by atoms with Crippen LogP contribution in [0, 0.1) is 5.82 Å². The van der Waals surface area contributed by atoms with Gasteiger partial charge >= 0.3 is 0 Å². The number of nitrogens with one attached hydrogen (secondary N) is 1. The zero-order chi connectivity index (χ0) is 22.0. The van der Waals surface area contributed by atoms with Gasteiger partial charge in [0.1, 0.15) is 11.9 Å². The van der Waals surface area contributed by atoms with E-state index in [-0.39, 0.29) is 10.6 Å². The van der Waals surface area contributed by atoms with Gasteiger partial charge in [0.15, 0.2) is 9.84 Å². The number of hydrogen-bond acceptors (Lipinski definition) is 5. The fraction of sp³-hybridized carbons (Fsp3) is 0.316. The third kappa shape index (κ3) is 5.77. The SMILES string of the molecule is CC(NC(=O)C(C)N(c1cccc(F)c1)S(C)(=O)=O)c1ccc(S(C)(=O)=O)cc1. The van der Waals surface area contributed by atoms with Crippen molar-refractivity contribution in [1.82, 2.24) is 5.32 Å². The zero-order valence-electron chi connectivity index (χ0n) is 16.5. The van der Waals surface area contributed by atoms with Crippen LogP contribution in [0.3, 0.4) is 0 Å². The Morgan fingerprint density at radius 2 is 1.59 bits per heavy atom. The number of benzene rings is 2. The summed E-state index contributed by atoms with van der Waals surface area (Å²) in [6, 6.07) is 9.37. The number of halogens is 1. The number of carbonyl (C=O) groups excluding carboxylic acids is 1. The largest absolute Gasteiger partial charge is 0.348 e. The Balaban J connectivity index is 2.23. The molecule has 7 nitrogen and oxygen atoms in total. The lowest BCUT2D eigenvalue weighted by Gasteiger charge is -2.29. The Kier molecular flexibility index (Phi) is 6.69. The van der Waals surface area contributed by atoms with Crippen molar-refractivity contribution in [3.8, 4) is 0 Å². The van der Waals surface area contributed by atoms with Crippen molar-refractivity contribution in [2.45, 2.75) is 30.8 Å². The van der Waals surface area contributed by atoms with Crippen LogP contribution in [0.15, 0.2) is 53.4 Å². The van der Waals surface area contributed by atoms with Crippen LogP contribution in [0.5, 0.6) is 0 Å². The molecule has 0 saturated carbocycles. The second kappa shape index (κ2) is 8.50. The predicted octanol–water partition coefficient (Wildman–Crippen LogP) is 2.26. The molecule has 2 aromatic rings. The molecule has 2 rings (SSSR count). The Hall–Kier alpha value is -2.46. The van der Waals surface area contributed by atoms with Crippen molar-refractivity contribution in [3.63, 3.8) is 0 Å². The molecular weight excluding hydrogens is 419 g/mol.